The van der Waals surface area contributed by atoms with E-state index in [0.717, 1.165) is 4.90 Å². The molecule has 2 fully saturated rings. The van der Waals surface area contributed by atoms with Crippen LogP contribution in [0.25, 0.3) is 10.4 Å². The van der Waals surface area contributed by atoms with Crippen LogP contribution in [0.3, 0.4) is 0 Å². The van der Waals surface area contributed by atoms with Crippen LogP contribution in [0.5, 0.6) is 0 Å². The van der Waals surface area contributed by atoms with Crippen LogP contribution in [-0.4, -0.2) is 67.3 Å². The fraction of sp³-hybridized carbons (Fsp3) is 0.667. The van der Waals surface area contributed by atoms with Gasteiger partial charge < -0.3 is 28.8 Å². The normalized spacial score (nSPS) is 40.4. The first-order chi connectivity index (χ1) is 13.4. The Morgan fingerprint density at radius 2 is 1.75 bits per heavy atom. The van der Waals surface area contributed by atoms with Crippen LogP contribution in [0, 0.1) is 0 Å². The van der Waals surface area contributed by atoms with Gasteiger partial charge in [-0.1, -0.05) is 35.1 Å². The Morgan fingerprint density at radius 1 is 1.14 bits per heavy atom. The van der Waals surface area contributed by atoms with Gasteiger partial charge in [0.05, 0.1) is 12.6 Å². The van der Waals surface area contributed by atoms with E-state index in [9.17, 15) is 5.11 Å². The molecular formula is C18H25N3O6S. The number of fused-ring (bicyclic) bond motifs is 1. The van der Waals surface area contributed by atoms with Gasteiger partial charge in [0.1, 0.15) is 23.7 Å². The molecular weight excluding hydrogens is 386 g/mol. The standard InChI is InChI=1S/C18H25N3O6S/c1-17(23-3)18(2,24-4)27-15-13(22)16(28-11-8-6-5-7-9-11)25-12(10-20-21-19)14(15)26-17/h5-9,12-16,22H,10H2,1-4H3/t12-,13+,14-,15-,16-,17+,18+/m1/s1. The van der Waals surface area contributed by atoms with Gasteiger partial charge in [-0.15, -0.1) is 0 Å². The highest BCUT2D eigenvalue weighted by atomic mass is 32.2. The van der Waals surface area contributed by atoms with Crippen LogP contribution in [0.4, 0.5) is 0 Å². The number of benzene rings is 1. The predicted octanol–water partition coefficient (Wildman–Crippen LogP) is 2.68. The second-order valence-electron chi connectivity index (χ2n) is 6.84. The van der Waals surface area contributed by atoms with Crippen molar-refractivity contribution < 1.29 is 28.8 Å². The van der Waals surface area contributed by atoms with E-state index in [-0.39, 0.29) is 6.54 Å². The first-order valence-corrected chi connectivity index (χ1v) is 9.77. The Hall–Kier alpha value is -1.36. The summed E-state index contributed by atoms with van der Waals surface area (Å²) in [5, 5.41) is 14.6. The van der Waals surface area contributed by atoms with Crippen LogP contribution in [0.15, 0.2) is 40.3 Å². The number of aliphatic hydroxyl groups is 1. The molecule has 1 N–H and O–H groups in total. The van der Waals surface area contributed by atoms with Gasteiger partial charge in [0, 0.05) is 24.0 Å². The number of hydrogen-bond acceptors (Lipinski definition) is 8. The molecule has 0 unspecified atom stereocenters. The summed E-state index contributed by atoms with van der Waals surface area (Å²) in [7, 11) is 2.97. The Bertz CT molecular complexity index is 721. The second kappa shape index (κ2) is 8.56. The molecule has 0 amide bonds. The maximum atomic E-state index is 11.0. The Labute approximate surface area is 167 Å². The third-order valence-electron chi connectivity index (χ3n) is 5.26. The fourth-order valence-electron chi connectivity index (χ4n) is 3.37. The molecule has 9 nitrogen and oxygen atoms in total. The molecule has 0 spiro atoms. The van der Waals surface area contributed by atoms with E-state index in [1.165, 1.54) is 26.0 Å². The van der Waals surface area contributed by atoms with Crippen molar-refractivity contribution >= 4 is 11.8 Å². The zero-order chi connectivity index (χ0) is 20.4. The van der Waals surface area contributed by atoms with Crippen LogP contribution in [0.1, 0.15) is 13.8 Å². The van der Waals surface area contributed by atoms with Gasteiger partial charge in [0.25, 0.3) is 0 Å². The van der Waals surface area contributed by atoms with Crippen molar-refractivity contribution in [1.29, 1.82) is 0 Å². The molecule has 2 saturated heterocycles. The topological polar surface area (TPSA) is 115 Å². The zero-order valence-electron chi connectivity index (χ0n) is 16.2. The van der Waals surface area contributed by atoms with Gasteiger partial charge in [-0.2, -0.15) is 0 Å². The SMILES string of the molecule is CO[C@@]1(C)O[C@@H]2[C@H](O)[C@@H](Sc3ccccc3)O[C@H](CN=[N+]=[N-])[C@H]2O[C@]1(C)OC. The number of thioether (sulfide) groups is 1. The van der Waals surface area contributed by atoms with Crippen LogP contribution >= 0.6 is 11.8 Å². The van der Waals surface area contributed by atoms with E-state index in [0.29, 0.717) is 0 Å². The van der Waals surface area contributed by atoms with Gasteiger partial charge in [-0.25, -0.2) is 0 Å². The van der Waals surface area contributed by atoms with Crippen LogP contribution in [-0.2, 0) is 23.7 Å². The fourth-order valence-corrected chi connectivity index (χ4v) is 4.44. The number of hydrogen-bond donors (Lipinski definition) is 1. The minimum absolute atomic E-state index is 0.0308. The van der Waals surface area contributed by atoms with Crippen molar-refractivity contribution in [1.82, 2.24) is 0 Å². The summed E-state index contributed by atoms with van der Waals surface area (Å²) >= 11 is 1.36. The lowest BCUT2D eigenvalue weighted by Crippen LogP contribution is -2.72. The van der Waals surface area contributed by atoms with E-state index in [1.54, 1.807) is 13.8 Å². The number of aliphatic hydroxyl groups excluding tert-OH is 1. The van der Waals surface area contributed by atoms with Crippen molar-refractivity contribution in [3.63, 3.8) is 0 Å². The lowest BCUT2D eigenvalue weighted by molar-refractivity contribution is -0.468. The molecule has 2 aliphatic heterocycles. The van der Waals surface area contributed by atoms with E-state index < -0.39 is 41.4 Å². The number of ether oxygens (including phenoxy) is 5. The molecule has 10 heteroatoms. The van der Waals surface area contributed by atoms with Crippen LogP contribution in [0.2, 0.25) is 0 Å². The summed E-state index contributed by atoms with van der Waals surface area (Å²) in [6.45, 7) is 3.41. The van der Waals surface area contributed by atoms with Gasteiger partial charge >= 0.3 is 0 Å². The number of azide groups is 1. The molecule has 0 saturated carbocycles. The number of methoxy groups -OCH3 is 2. The Morgan fingerprint density at radius 3 is 2.32 bits per heavy atom. The molecule has 2 heterocycles. The monoisotopic (exact) mass is 411 g/mol. The molecule has 1 aromatic rings. The van der Waals surface area contributed by atoms with Gasteiger partial charge in [0.15, 0.2) is 0 Å². The van der Waals surface area contributed by atoms with E-state index >= 15 is 0 Å². The molecule has 0 aliphatic carbocycles. The minimum Gasteiger partial charge on any atom is -0.387 e. The molecule has 0 radical (unpaired) electrons. The van der Waals surface area contributed by atoms with Gasteiger partial charge in [-0.3, -0.25) is 0 Å². The summed E-state index contributed by atoms with van der Waals surface area (Å²) < 4.78 is 29.5. The third kappa shape index (κ3) is 3.87. The highest BCUT2D eigenvalue weighted by Crippen LogP contribution is 2.45. The second-order valence-corrected chi connectivity index (χ2v) is 8.01. The third-order valence-corrected chi connectivity index (χ3v) is 6.43. The average Bonchev–Trinajstić information content (AvgIpc) is 2.71. The van der Waals surface area contributed by atoms with Gasteiger partial charge in [0.2, 0.25) is 11.6 Å². The Balaban J connectivity index is 1.90. The minimum atomic E-state index is -1.26. The summed E-state index contributed by atoms with van der Waals surface area (Å²) in [4.78, 5) is 3.75. The number of nitrogens with zero attached hydrogens (tertiary/aromatic N) is 3. The average molecular weight is 411 g/mol. The quantitative estimate of drug-likeness (QED) is 0.435. The molecule has 7 atom stereocenters. The first-order valence-electron chi connectivity index (χ1n) is 8.89. The highest BCUT2D eigenvalue weighted by molar-refractivity contribution is 7.99. The van der Waals surface area contributed by atoms with Gasteiger partial charge in [-0.05, 0) is 31.5 Å². The van der Waals surface area contributed by atoms with Crippen LogP contribution < -0.4 is 0 Å². The maximum Gasteiger partial charge on any atom is 0.220 e. The lowest BCUT2D eigenvalue weighted by atomic mass is 9.94. The Kier molecular flexibility index (Phi) is 6.53. The summed E-state index contributed by atoms with van der Waals surface area (Å²) in [6, 6.07) is 9.58. The molecule has 0 aromatic heterocycles. The van der Waals surface area contributed by atoms with Crippen molar-refractivity contribution in [2.45, 2.75) is 60.2 Å². The molecule has 28 heavy (non-hydrogen) atoms. The smallest absolute Gasteiger partial charge is 0.220 e. The van der Waals surface area contributed by atoms with Crippen molar-refractivity contribution in [3.8, 4) is 0 Å². The summed E-state index contributed by atoms with van der Waals surface area (Å²) in [6.07, 6.45) is -3.10. The molecule has 3 rings (SSSR count). The van der Waals surface area contributed by atoms with Crippen molar-refractivity contribution in [2.75, 3.05) is 20.8 Å². The highest BCUT2D eigenvalue weighted by Gasteiger charge is 2.62. The van der Waals surface area contributed by atoms with Crippen molar-refractivity contribution in [2.24, 2.45) is 5.11 Å². The maximum absolute atomic E-state index is 11.0. The number of rotatable bonds is 6. The largest absolute Gasteiger partial charge is 0.387 e. The summed E-state index contributed by atoms with van der Waals surface area (Å²) in [5.74, 6) is -2.51. The predicted molar refractivity (Wildman–Crippen MR) is 102 cm³/mol. The molecule has 154 valence electrons. The van der Waals surface area contributed by atoms with E-state index in [1.807, 2.05) is 30.3 Å². The van der Waals surface area contributed by atoms with E-state index in [2.05, 4.69) is 10.0 Å². The van der Waals surface area contributed by atoms with Crippen molar-refractivity contribution in [3.05, 3.63) is 40.8 Å². The molecule has 1 aromatic carbocycles. The lowest BCUT2D eigenvalue weighted by Gasteiger charge is -2.56. The zero-order valence-corrected chi connectivity index (χ0v) is 17.0. The summed E-state index contributed by atoms with van der Waals surface area (Å²) in [5.41, 5.74) is 8.11. The molecule has 0 bridgehead atoms. The van der Waals surface area contributed by atoms with E-state index in [4.69, 9.17) is 29.2 Å². The first kappa shape index (κ1) is 21.4. The molecule has 2 aliphatic rings.